The van der Waals surface area contributed by atoms with Gasteiger partial charge < -0.3 is 20.2 Å². The maximum Gasteiger partial charge on any atom is 0.317 e. The molecule has 0 spiro atoms. The van der Waals surface area contributed by atoms with Gasteiger partial charge in [0.25, 0.3) is 0 Å². The first kappa shape index (κ1) is 18.5. The van der Waals surface area contributed by atoms with E-state index < -0.39 is 0 Å². The van der Waals surface area contributed by atoms with Gasteiger partial charge >= 0.3 is 6.03 Å². The minimum Gasteiger partial charge on any atom is -0.395 e. The van der Waals surface area contributed by atoms with Crippen LogP contribution in [0.4, 0.5) is 4.79 Å². The molecule has 0 aromatic heterocycles. The third kappa shape index (κ3) is 5.64. The van der Waals surface area contributed by atoms with E-state index in [9.17, 15) is 4.79 Å². The van der Waals surface area contributed by atoms with Crippen LogP contribution in [0.5, 0.6) is 0 Å². The second-order valence-electron chi connectivity index (χ2n) is 7.38. The molecule has 23 heavy (non-hydrogen) atoms. The molecule has 1 aliphatic carbocycles. The highest BCUT2D eigenvalue weighted by Gasteiger charge is 2.29. The lowest BCUT2D eigenvalue weighted by Gasteiger charge is -2.40. The third-order valence-electron chi connectivity index (χ3n) is 5.51. The fraction of sp³-hybridized carbons (Fsp3) is 0.944. The summed E-state index contributed by atoms with van der Waals surface area (Å²) in [6, 6.07) is 1.02. The van der Waals surface area contributed by atoms with Crippen LogP contribution in [0.3, 0.4) is 0 Å². The average molecular weight is 325 g/mol. The molecular formula is C18H35N3O2. The van der Waals surface area contributed by atoms with E-state index in [1.165, 1.54) is 38.8 Å². The zero-order valence-corrected chi connectivity index (χ0v) is 15.0. The Bertz CT molecular complexity index is 342. The number of aliphatic hydroxyl groups excluding tert-OH is 1. The second kappa shape index (κ2) is 9.48. The van der Waals surface area contributed by atoms with Gasteiger partial charge in [0.2, 0.25) is 0 Å². The number of urea groups is 1. The smallest absolute Gasteiger partial charge is 0.317 e. The van der Waals surface area contributed by atoms with Gasteiger partial charge in [-0.2, -0.15) is 0 Å². The van der Waals surface area contributed by atoms with Crippen molar-refractivity contribution in [2.24, 2.45) is 5.92 Å². The van der Waals surface area contributed by atoms with Crippen LogP contribution < -0.4 is 5.32 Å². The topological polar surface area (TPSA) is 55.8 Å². The molecule has 5 heteroatoms. The van der Waals surface area contributed by atoms with E-state index in [1.807, 2.05) is 0 Å². The normalized spacial score (nSPS) is 26.9. The first-order valence-corrected chi connectivity index (χ1v) is 9.54. The number of nitrogens with zero attached hydrogens (tertiary/aromatic N) is 2. The summed E-state index contributed by atoms with van der Waals surface area (Å²) in [5.41, 5.74) is 0. The predicted molar refractivity (Wildman–Crippen MR) is 93.5 cm³/mol. The van der Waals surface area contributed by atoms with Crippen LogP contribution in [-0.2, 0) is 0 Å². The molecule has 2 rings (SSSR count). The van der Waals surface area contributed by atoms with Gasteiger partial charge in [-0.3, -0.25) is 0 Å². The number of carbonyl (C=O) groups excluding carboxylic acids is 1. The average Bonchev–Trinajstić information content (AvgIpc) is 2.56. The Hall–Kier alpha value is -0.810. The number of piperidine rings is 1. The monoisotopic (exact) mass is 325 g/mol. The molecule has 2 N–H and O–H groups in total. The second-order valence-corrected chi connectivity index (χ2v) is 7.38. The molecule has 2 amide bonds. The third-order valence-corrected chi connectivity index (χ3v) is 5.51. The molecule has 0 aromatic carbocycles. The van der Waals surface area contributed by atoms with Gasteiger partial charge in [0, 0.05) is 25.2 Å². The molecule has 1 saturated carbocycles. The number of hydrogen-bond donors (Lipinski definition) is 2. The minimum atomic E-state index is -0.00357. The largest absolute Gasteiger partial charge is 0.395 e. The first-order valence-electron chi connectivity index (χ1n) is 9.54. The van der Waals surface area contributed by atoms with Gasteiger partial charge in [-0.05, 0) is 64.0 Å². The van der Waals surface area contributed by atoms with Gasteiger partial charge in [0.05, 0.1) is 6.61 Å². The highest BCUT2D eigenvalue weighted by Crippen LogP contribution is 2.27. The van der Waals surface area contributed by atoms with E-state index in [4.69, 9.17) is 5.11 Å². The fourth-order valence-corrected chi connectivity index (χ4v) is 3.95. The Morgan fingerprint density at radius 3 is 2.35 bits per heavy atom. The van der Waals surface area contributed by atoms with E-state index in [-0.39, 0.29) is 12.6 Å². The number of amides is 2. The Labute approximate surface area is 141 Å². The van der Waals surface area contributed by atoms with Gasteiger partial charge in [0.1, 0.15) is 0 Å². The highest BCUT2D eigenvalue weighted by molar-refractivity contribution is 5.74. The van der Waals surface area contributed by atoms with E-state index in [1.54, 1.807) is 4.90 Å². The van der Waals surface area contributed by atoms with Crippen molar-refractivity contribution in [1.29, 1.82) is 0 Å². The van der Waals surface area contributed by atoms with Gasteiger partial charge in [-0.1, -0.05) is 13.8 Å². The fourth-order valence-electron chi connectivity index (χ4n) is 3.95. The van der Waals surface area contributed by atoms with Crippen molar-refractivity contribution in [2.75, 3.05) is 32.8 Å². The van der Waals surface area contributed by atoms with Crippen molar-refractivity contribution >= 4 is 6.03 Å². The lowest BCUT2D eigenvalue weighted by atomic mass is 9.88. The molecule has 1 saturated heterocycles. The molecule has 1 heterocycles. The van der Waals surface area contributed by atoms with Crippen molar-refractivity contribution in [3.63, 3.8) is 0 Å². The van der Waals surface area contributed by atoms with Crippen molar-refractivity contribution in [2.45, 2.75) is 70.9 Å². The molecule has 2 fully saturated rings. The van der Waals surface area contributed by atoms with Crippen LogP contribution >= 0.6 is 0 Å². The van der Waals surface area contributed by atoms with Crippen molar-refractivity contribution in [1.82, 2.24) is 15.1 Å². The number of rotatable bonds is 6. The van der Waals surface area contributed by atoms with Gasteiger partial charge in [0.15, 0.2) is 0 Å². The molecule has 5 nitrogen and oxygen atoms in total. The number of hydrogen-bond acceptors (Lipinski definition) is 3. The van der Waals surface area contributed by atoms with Crippen LogP contribution in [-0.4, -0.2) is 65.8 Å². The summed E-state index contributed by atoms with van der Waals surface area (Å²) in [7, 11) is 0. The van der Waals surface area contributed by atoms with Crippen LogP contribution in [0, 0.1) is 5.92 Å². The van der Waals surface area contributed by atoms with Crippen LogP contribution in [0.15, 0.2) is 0 Å². The van der Waals surface area contributed by atoms with Gasteiger partial charge in [-0.15, -0.1) is 0 Å². The number of nitrogens with one attached hydrogen (secondary N) is 1. The summed E-state index contributed by atoms with van der Waals surface area (Å²) in [5, 5.41) is 12.3. The highest BCUT2D eigenvalue weighted by atomic mass is 16.3. The molecule has 0 radical (unpaired) electrons. The zero-order chi connectivity index (χ0) is 16.7. The van der Waals surface area contributed by atoms with E-state index in [0.717, 1.165) is 31.2 Å². The maximum absolute atomic E-state index is 12.3. The van der Waals surface area contributed by atoms with Gasteiger partial charge in [-0.25, -0.2) is 4.79 Å². The molecule has 1 aliphatic heterocycles. The van der Waals surface area contributed by atoms with Crippen LogP contribution in [0.2, 0.25) is 0 Å². The standard InChI is InChI=1S/C18H35N3O2/c1-3-10-21(13-14-22)18(23)19-16-4-6-17(7-5-16)20-11-8-15(2)9-12-20/h15-17,22H,3-14H2,1-2H3,(H,19,23). The Kier molecular flexibility index (Phi) is 7.63. The quantitative estimate of drug-likeness (QED) is 0.789. The maximum atomic E-state index is 12.3. The Morgan fingerprint density at radius 1 is 1.13 bits per heavy atom. The molecule has 0 atom stereocenters. The molecule has 0 bridgehead atoms. The number of carbonyl (C=O) groups is 1. The van der Waals surface area contributed by atoms with Crippen LogP contribution in [0.25, 0.3) is 0 Å². The molecule has 134 valence electrons. The van der Waals surface area contributed by atoms with Crippen molar-refractivity contribution in [3.05, 3.63) is 0 Å². The van der Waals surface area contributed by atoms with Crippen molar-refractivity contribution in [3.8, 4) is 0 Å². The van der Waals surface area contributed by atoms with E-state index in [2.05, 4.69) is 24.1 Å². The summed E-state index contributed by atoms with van der Waals surface area (Å²) in [6.07, 6.45) is 8.17. The van der Waals surface area contributed by atoms with Crippen molar-refractivity contribution < 1.29 is 9.90 Å². The number of likely N-dealkylation sites (tertiary alicyclic amines) is 1. The van der Waals surface area contributed by atoms with E-state index in [0.29, 0.717) is 19.1 Å². The Balaban J connectivity index is 1.72. The first-order chi connectivity index (χ1) is 11.1. The lowest BCUT2D eigenvalue weighted by Crippen LogP contribution is -2.49. The number of aliphatic hydroxyl groups is 1. The zero-order valence-electron chi connectivity index (χ0n) is 15.0. The minimum absolute atomic E-state index is 0.00357. The molecule has 0 aromatic rings. The summed E-state index contributed by atoms with van der Waals surface area (Å²) < 4.78 is 0. The molecule has 0 unspecified atom stereocenters. The Morgan fingerprint density at radius 2 is 1.78 bits per heavy atom. The summed E-state index contributed by atoms with van der Waals surface area (Å²) in [4.78, 5) is 16.7. The summed E-state index contributed by atoms with van der Waals surface area (Å²) in [6.45, 7) is 8.11. The van der Waals surface area contributed by atoms with E-state index >= 15 is 0 Å². The molecular weight excluding hydrogens is 290 g/mol. The lowest BCUT2D eigenvalue weighted by molar-refractivity contribution is 0.102. The molecule has 2 aliphatic rings. The van der Waals surface area contributed by atoms with Crippen LogP contribution in [0.1, 0.15) is 58.8 Å². The summed E-state index contributed by atoms with van der Waals surface area (Å²) in [5.74, 6) is 0.887. The SMILES string of the molecule is CCCN(CCO)C(=O)NC1CCC(N2CCC(C)CC2)CC1. The summed E-state index contributed by atoms with van der Waals surface area (Å²) >= 11 is 0. The predicted octanol–water partition coefficient (Wildman–Crippen LogP) is 2.44.